The number of rotatable bonds is 12. The number of methoxy groups -OCH3 is 1. The first-order valence-electron chi connectivity index (χ1n) is 25.8. The summed E-state index contributed by atoms with van der Waals surface area (Å²) >= 11 is 0. The molecule has 10 rings (SSSR count). The van der Waals surface area contributed by atoms with Gasteiger partial charge in [0.2, 0.25) is 0 Å². The number of hydrogen-bond donors (Lipinski definition) is 7. The summed E-state index contributed by atoms with van der Waals surface area (Å²) in [5.74, 6) is -7.06. The van der Waals surface area contributed by atoms with Gasteiger partial charge in [-0.1, -0.05) is 24.3 Å². The van der Waals surface area contributed by atoms with Crippen molar-refractivity contribution in [1.82, 2.24) is 31.2 Å². The Hall–Kier alpha value is -10.5. The largest absolute Gasteiger partial charge is 0.475 e. The maximum atomic E-state index is 13.7. The van der Waals surface area contributed by atoms with Crippen LogP contribution in [0.2, 0.25) is 0 Å². The molecular weight excluding hydrogens is 1070 g/mol. The number of carbonyl (C=O) groups excluding carboxylic acids is 7. The first-order chi connectivity index (χ1) is 39.3. The number of carboxylic acids is 1. The van der Waals surface area contributed by atoms with Crippen LogP contribution >= 0.6 is 0 Å². The lowest BCUT2D eigenvalue weighted by atomic mass is 9.95. The highest BCUT2D eigenvalue weighted by atomic mass is 19.1. The molecule has 0 aliphatic carbocycles. The van der Waals surface area contributed by atoms with Gasteiger partial charge in [0.1, 0.15) is 34.3 Å². The fraction of sp³-hybridized carbons (Fsp3) is 0.175. The summed E-state index contributed by atoms with van der Waals surface area (Å²) < 4.78 is 44.6. The van der Waals surface area contributed by atoms with Crippen LogP contribution in [0.25, 0.3) is 88.6 Å². The van der Waals surface area contributed by atoms with Crippen molar-refractivity contribution < 1.29 is 65.8 Å². The Balaban J connectivity index is 0.000000200. The molecule has 83 heavy (non-hydrogen) atoms. The van der Waals surface area contributed by atoms with Gasteiger partial charge in [0.25, 0.3) is 35.2 Å². The quantitative estimate of drug-likeness (QED) is 0.0342. The molecule has 10 aromatic rings. The lowest BCUT2D eigenvalue weighted by Gasteiger charge is -2.20. The van der Waals surface area contributed by atoms with Crippen LogP contribution in [0.5, 0.6) is 0 Å². The summed E-state index contributed by atoms with van der Waals surface area (Å²) in [5, 5.41) is 21.6. The average Bonchev–Trinajstić information content (AvgIpc) is 1.84. The number of hydrogen-bond acceptors (Lipinski definition) is 11. The van der Waals surface area contributed by atoms with Crippen LogP contribution in [0.1, 0.15) is 104 Å². The number of fused-ring (bicyclic) bond motifs is 6. The van der Waals surface area contributed by atoms with Crippen molar-refractivity contribution in [2.45, 2.75) is 52.6 Å². The molecular formula is C63H54F2N6O12. The van der Waals surface area contributed by atoms with E-state index < -0.39 is 58.0 Å². The van der Waals surface area contributed by atoms with Crippen LogP contribution in [0.4, 0.5) is 8.78 Å². The summed E-state index contributed by atoms with van der Waals surface area (Å²) in [5.41, 5.74) is 4.07. The molecule has 0 radical (unpaired) electrons. The van der Waals surface area contributed by atoms with Crippen molar-refractivity contribution in [3.63, 3.8) is 0 Å². The molecule has 0 atom stereocenters. The van der Waals surface area contributed by atoms with Gasteiger partial charge in [-0.25, -0.2) is 18.4 Å². The maximum absolute atomic E-state index is 13.7. The summed E-state index contributed by atoms with van der Waals surface area (Å²) in [7, 11) is 4.02. The van der Waals surface area contributed by atoms with Gasteiger partial charge in [0, 0.05) is 81.7 Å². The van der Waals surface area contributed by atoms with E-state index in [-0.39, 0.29) is 67.5 Å². The van der Waals surface area contributed by atoms with E-state index in [1.54, 1.807) is 60.7 Å². The molecule has 20 heteroatoms. The second-order valence-electron chi connectivity index (χ2n) is 21.3. The number of ketones is 2. The molecule has 6 aromatic carbocycles. The molecule has 0 aliphatic rings. The third-order valence-corrected chi connectivity index (χ3v) is 13.2. The minimum atomic E-state index is -1.66. The molecule has 0 saturated carbocycles. The summed E-state index contributed by atoms with van der Waals surface area (Å²) in [6.45, 7) is 11.2. The molecule has 0 unspecified atom stereocenters. The number of H-pyrrole nitrogens is 2. The molecule has 0 spiro atoms. The molecule has 18 nitrogen and oxygen atoms in total. The van der Waals surface area contributed by atoms with Crippen molar-refractivity contribution in [3.05, 3.63) is 167 Å². The highest BCUT2D eigenvalue weighted by Crippen LogP contribution is 2.45. The predicted octanol–water partition coefficient (Wildman–Crippen LogP) is 11.2. The van der Waals surface area contributed by atoms with Crippen LogP contribution in [0.15, 0.2) is 130 Å². The standard InChI is InChI=1S/C32H28FN3O6.C31H26FN3O6/c1-32(2,3)36-29(38)18-8-6-7-17(13-18)20-14-21-24(30(39)34-4)27(16-9-11-19(33)12-10-16)42-28(21)23-22(15-35-25(20)23)26(37)31(40)41-5;1-31(2,3)35-28(37)17-7-5-6-16(12-17)19-13-20-23(29(38)33-4)26(15-8-10-18(32)11-9-15)41-27(20)22-21(14-34-24(19)22)25(36)30(39)40/h6-15,35H,1-5H3,(H,34,39)(H,36,38);5-14,34H,1-4H3,(H,33,38)(H,35,37)(H,39,40). The van der Waals surface area contributed by atoms with Gasteiger partial charge in [-0.05, 0) is 138 Å². The number of carboxylic acid groups (broad SMARTS) is 1. The molecule has 4 heterocycles. The van der Waals surface area contributed by atoms with E-state index in [1.165, 1.54) is 75.0 Å². The Morgan fingerprint density at radius 1 is 0.518 bits per heavy atom. The van der Waals surface area contributed by atoms with E-state index in [0.29, 0.717) is 66.3 Å². The number of aliphatic carboxylic acids is 1. The summed E-state index contributed by atoms with van der Waals surface area (Å²) in [4.78, 5) is 108. The Labute approximate surface area is 471 Å². The van der Waals surface area contributed by atoms with E-state index in [9.17, 15) is 52.2 Å². The van der Waals surface area contributed by atoms with E-state index in [0.717, 1.165) is 7.11 Å². The Kier molecular flexibility index (Phi) is 15.3. The fourth-order valence-corrected chi connectivity index (χ4v) is 9.63. The third kappa shape index (κ3) is 11.2. The van der Waals surface area contributed by atoms with E-state index >= 15 is 0 Å². The smallest absolute Gasteiger partial charge is 0.379 e. The zero-order valence-corrected chi connectivity index (χ0v) is 46.2. The topological polar surface area (TPSA) is 272 Å². The number of aromatic nitrogens is 2. The molecule has 0 fully saturated rings. The number of benzene rings is 6. The van der Waals surface area contributed by atoms with Crippen LogP contribution in [-0.4, -0.2) is 94.5 Å². The SMILES string of the molecule is CNC(=O)c1c(-c2ccc(F)cc2)oc2c1cc(-c1cccc(C(=O)NC(C)(C)C)c1)c1[nH]cc(C(=O)C(=O)O)c12.CNC(=O)c1c(-c2ccc(F)cc2)oc2c1cc(-c1cccc(C(=O)NC(C)(C)C)c1)c1[nH]cc(C(=O)C(=O)OC)c12. The van der Waals surface area contributed by atoms with Gasteiger partial charge < -0.3 is 49.9 Å². The van der Waals surface area contributed by atoms with Gasteiger partial charge in [-0.2, -0.15) is 0 Å². The number of ether oxygens (including phenoxy) is 1. The zero-order valence-electron chi connectivity index (χ0n) is 46.2. The van der Waals surface area contributed by atoms with Gasteiger partial charge in [-0.3, -0.25) is 28.8 Å². The molecule has 0 bridgehead atoms. The zero-order chi connectivity index (χ0) is 60.0. The van der Waals surface area contributed by atoms with Crippen molar-refractivity contribution in [2.75, 3.05) is 21.2 Å². The second kappa shape index (κ2) is 22.2. The normalized spacial score (nSPS) is 11.5. The van der Waals surface area contributed by atoms with Gasteiger partial charge >= 0.3 is 11.9 Å². The number of aromatic amines is 2. The average molecular weight is 1130 g/mol. The minimum absolute atomic E-state index is 0.0202. The maximum Gasteiger partial charge on any atom is 0.379 e. The molecule has 422 valence electrons. The van der Waals surface area contributed by atoms with E-state index in [1.807, 2.05) is 41.5 Å². The Morgan fingerprint density at radius 2 is 0.904 bits per heavy atom. The van der Waals surface area contributed by atoms with Gasteiger partial charge in [0.15, 0.2) is 0 Å². The van der Waals surface area contributed by atoms with E-state index in [4.69, 9.17) is 8.83 Å². The molecule has 0 saturated heterocycles. The fourth-order valence-electron chi connectivity index (χ4n) is 9.63. The molecule has 4 amide bonds. The van der Waals surface area contributed by atoms with Crippen molar-refractivity contribution in [1.29, 1.82) is 0 Å². The van der Waals surface area contributed by atoms with Crippen LogP contribution in [0, 0.1) is 11.6 Å². The monoisotopic (exact) mass is 1120 g/mol. The van der Waals surface area contributed by atoms with Gasteiger partial charge in [-0.15, -0.1) is 0 Å². The predicted molar refractivity (Wildman–Crippen MR) is 307 cm³/mol. The minimum Gasteiger partial charge on any atom is -0.475 e. The molecule has 4 aromatic heterocycles. The van der Waals surface area contributed by atoms with Crippen LogP contribution in [-0.2, 0) is 14.3 Å². The van der Waals surface area contributed by atoms with Crippen molar-refractivity contribution in [3.8, 4) is 44.9 Å². The number of halogens is 2. The number of furan rings is 2. The Morgan fingerprint density at radius 3 is 1.25 bits per heavy atom. The summed E-state index contributed by atoms with van der Waals surface area (Å²) in [6, 6.07) is 27.9. The first kappa shape index (κ1) is 57.2. The van der Waals surface area contributed by atoms with Crippen molar-refractivity contribution >= 4 is 90.9 Å². The van der Waals surface area contributed by atoms with Crippen LogP contribution < -0.4 is 21.3 Å². The van der Waals surface area contributed by atoms with Crippen molar-refractivity contribution in [2.24, 2.45) is 0 Å². The molecule has 7 N–H and O–H groups in total. The van der Waals surface area contributed by atoms with Crippen LogP contribution in [0.3, 0.4) is 0 Å². The lowest BCUT2D eigenvalue weighted by Crippen LogP contribution is -2.40. The highest BCUT2D eigenvalue weighted by Gasteiger charge is 2.32. The number of esters is 1. The number of carbonyl (C=O) groups is 8. The first-order valence-corrected chi connectivity index (χ1v) is 25.8. The highest BCUT2D eigenvalue weighted by molar-refractivity contribution is 6.45. The number of amides is 4. The Bertz CT molecular complexity index is 4320. The lowest BCUT2D eigenvalue weighted by molar-refractivity contribution is -0.135. The van der Waals surface area contributed by atoms with Gasteiger partial charge in [0.05, 0.1) is 51.2 Å². The number of Topliss-reactive ketones (excluding diaryl/α,β-unsaturated/α-hetero) is 2. The third-order valence-electron chi connectivity index (χ3n) is 13.2. The second-order valence-corrected chi connectivity index (χ2v) is 21.3. The summed E-state index contributed by atoms with van der Waals surface area (Å²) in [6.07, 6.45) is 2.66. The number of nitrogens with one attached hydrogen (secondary N) is 6. The van der Waals surface area contributed by atoms with E-state index in [2.05, 4.69) is 36.0 Å². The molecule has 0 aliphatic heterocycles.